The van der Waals surface area contributed by atoms with Crippen molar-refractivity contribution in [3.05, 3.63) is 11.7 Å². The molecule has 1 fully saturated rings. The van der Waals surface area contributed by atoms with Gasteiger partial charge in [-0.15, -0.1) is 0 Å². The van der Waals surface area contributed by atoms with E-state index in [0.29, 0.717) is 11.8 Å². The van der Waals surface area contributed by atoms with Gasteiger partial charge in [0.15, 0.2) is 5.82 Å². The summed E-state index contributed by atoms with van der Waals surface area (Å²) in [4.78, 5) is 15.5. The standard InChI is InChI=1S/C16H26N2O3/c1-9(2)12-5-7-13(8-6-12)14-17-15(21-18-14)10(3)11(4)16(19)20/h9-13H,5-8H2,1-4H3,(H,19,20). The zero-order chi connectivity index (χ0) is 15.6. The lowest BCUT2D eigenvalue weighted by Gasteiger charge is -2.29. The van der Waals surface area contributed by atoms with Crippen LogP contribution < -0.4 is 0 Å². The van der Waals surface area contributed by atoms with E-state index in [-0.39, 0.29) is 5.92 Å². The maximum Gasteiger partial charge on any atom is 0.307 e. The van der Waals surface area contributed by atoms with Crippen LogP contribution in [0.25, 0.3) is 0 Å². The van der Waals surface area contributed by atoms with E-state index >= 15 is 0 Å². The minimum Gasteiger partial charge on any atom is -0.481 e. The first-order valence-electron chi connectivity index (χ1n) is 7.96. The van der Waals surface area contributed by atoms with Gasteiger partial charge in [-0.05, 0) is 37.5 Å². The second kappa shape index (κ2) is 6.58. The van der Waals surface area contributed by atoms with Gasteiger partial charge in [0.25, 0.3) is 0 Å². The molecular formula is C16H26N2O3. The third kappa shape index (κ3) is 3.63. The Morgan fingerprint density at radius 3 is 2.33 bits per heavy atom. The fourth-order valence-corrected chi connectivity index (χ4v) is 3.07. The molecule has 21 heavy (non-hydrogen) atoms. The molecule has 5 heteroatoms. The third-order valence-electron chi connectivity index (χ3n) is 5.07. The van der Waals surface area contributed by atoms with Crippen LogP contribution in [0.15, 0.2) is 4.52 Å². The Morgan fingerprint density at radius 1 is 1.19 bits per heavy atom. The summed E-state index contributed by atoms with van der Waals surface area (Å²) in [7, 11) is 0. The van der Waals surface area contributed by atoms with Crippen LogP contribution in [-0.2, 0) is 4.79 Å². The predicted molar refractivity (Wildman–Crippen MR) is 79.0 cm³/mol. The van der Waals surface area contributed by atoms with Gasteiger partial charge in [-0.1, -0.05) is 32.9 Å². The number of carboxylic acids is 1. The number of nitrogens with zero attached hydrogens (tertiary/aromatic N) is 2. The first-order chi connectivity index (χ1) is 9.90. The molecule has 118 valence electrons. The predicted octanol–water partition coefficient (Wildman–Crippen LogP) is 3.82. The molecular weight excluding hydrogens is 268 g/mol. The van der Waals surface area contributed by atoms with Gasteiger partial charge in [-0.25, -0.2) is 0 Å². The SMILES string of the molecule is CC(C)C1CCC(c2noc(C(C)C(C)C(=O)O)n2)CC1. The van der Waals surface area contributed by atoms with E-state index in [9.17, 15) is 4.79 Å². The highest BCUT2D eigenvalue weighted by molar-refractivity contribution is 5.70. The third-order valence-corrected chi connectivity index (χ3v) is 5.07. The molecule has 2 rings (SSSR count). The van der Waals surface area contributed by atoms with Gasteiger partial charge in [0.2, 0.25) is 5.89 Å². The van der Waals surface area contributed by atoms with Gasteiger partial charge in [0.1, 0.15) is 0 Å². The molecule has 1 aromatic rings. The Kier molecular flexibility index (Phi) is 5.01. The van der Waals surface area contributed by atoms with Crippen LogP contribution in [0.1, 0.15) is 76.9 Å². The van der Waals surface area contributed by atoms with Crippen molar-refractivity contribution in [2.45, 2.75) is 65.2 Å². The van der Waals surface area contributed by atoms with Crippen LogP contribution in [0, 0.1) is 17.8 Å². The summed E-state index contributed by atoms with van der Waals surface area (Å²) in [5.41, 5.74) is 0. The quantitative estimate of drug-likeness (QED) is 0.893. The van der Waals surface area contributed by atoms with E-state index in [1.54, 1.807) is 6.92 Å². The van der Waals surface area contributed by atoms with E-state index < -0.39 is 11.9 Å². The zero-order valence-corrected chi connectivity index (χ0v) is 13.4. The molecule has 1 aliphatic rings. The van der Waals surface area contributed by atoms with Crippen molar-refractivity contribution in [1.82, 2.24) is 10.1 Å². The molecule has 1 N–H and O–H groups in total. The van der Waals surface area contributed by atoms with Crippen molar-refractivity contribution in [2.75, 3.05) is 0 Å². The van der Waals surface area contributed by atoms with Crippen molar-refractivity contribution in [3.63, 3.8) is 0 Å². The normalized spacial score (nSPS) is 25.8. The second-order valence-electron chi connectivity index (χ2n) is 6.76. The van der Waals surface area contributed by atoms with Crippen molar-refractivity contribution in [3.8, 4) is 0 Å². The second-order valence-corrected chi connectivity index (χ2v) is 6.76. The van der Waals surface area contributed by atoms with Crippen LogP contribution in [-0.4, -0.2) is 21.2 Å². The fraction of sp³-hybridized carbons (Fsp3) is 0.812. The minimum absolute atomic E-state index is 0.254. The number of rotatable bonds is 5. The Hall–Kier alpha value is -1.39. The van der Waals surface area contributed by atoms with Crippen molar-refractivity contribution in [1.29, 1.82) is 0 Å². The number of carboxylic acid groups (broad SMARTS) is 1. The molecule has 0 aromatic carbocycles. The molecule has 0 saturated heterocycles. The molecule has 0 radical (unpaired) electrons. The van der Waals surface area contributed by atoms with Gasteiger partial charge in [-0.2, -0.15) is 4.98 Å². The largest absolute Gasteiger partial charge is 0.481 e. The Bertz CT molecular complexity index is 476. The average Bonchev–Trinajstić information content (AvgIpc) is 2.95. The number of aromatic nitrogens is 2. The molecule has 2 unspecified atom stereocenters. The van der Waals surface area contributed by atoms with E-state index in [4.69, 9.17) is 9.63 Å². The zero-order valence-electron chi connectivity index (χ0n) is 13.4. The minimum atomic E-state index is -0.834. The molecule has 1 aromatic heterocycles. The molecule has 1 saturated carbocycles. The molecule has 2 atom stereocenters. The van der Waals surface area contributed by atoms with E-state index in [0.717, 1.165) is 30.5 Å². The number of hydrogen-bond acceptors (Lipinski definition) is 4. The average molecular weight is 294 g/mol. The lowest BCUT2D eigenvalue weighted by atomic mass is 9.77. The van der Waals surface area contributed by atoms with E-state index in [1.807, 2.05) is 6.92 Å². The molecule has 1 heterocycles. The smallest absolute Gasteiger partial charge is 0.307 e. The molecule has 1 aliphatic carbocycles. The molecule has 0 aliphatic heterocycles. The number of carbonyl (C=O) groups is 1. The van der Waals surface area contributed by atoms with Crippen molar-refractivity contribution >= 4 is 5.97 Å². The number of hydrogen-bond donors (Lipinski definition) is 1. The van der Waals surface area contributed by atoms with Gasteiger partial charge in [0, 0.05) is 11.8 Å². The van der Waals surface area contributed by atoms with Gasteiger partial charge in [0.05, 0.1) is 5.92 Å². The van der Waals surface area contributed by atoms with Crippen molar-refractivity contribution in [2.24, 2.45) is 17.8 Å². The van der Waals surface area contributed by atoms with Crippen LogP contribution in [0.3, 0.4) is 0 Å². The van der Waals surface area contributed by atoms with Crippen LogP contribution in [0.5, 0.6) is 0 Å². The maximum absolute atomic E-state index is 11.0. The van der Waals surface area contributed by atoms with Gasteiger partial charge >= 0.3 is 5.97 Å². The van der Waals surface area contributed by atoms with E-state index in [1.165, 1.54) is 12.8 Å². The van der Waals surface area contributed by atoms with Crippen LogP contribution in [0.4, 0.5) is 0 Å². The first-order valence-corrected chi connectivity index (χ1v) is 7.96. The summed E-state index contributed by atoms with van der Waals surface area (Å²) >= 11 is 0. The molecule has 0 amide bonds. The Balaban J connectivity index is 1.99. The summed E-state index contributed by atoms with van der Waals surface area (Å²) in [5, 5.41) is 13.2. The monoisotopic (exact) mass is 294 g/mol. The lowest BCUT2D eigenvalue weighted by Crippen LogP contribution is -2.19. The van der Waals surface area contributed by atoms with Gasteiger partial charge in [-0.3, -0.25) is 4.79 Å². The summed E-state index contributed by atoms with van der Waals surface area (Å²) < 4.78 is 5.30. The highest BCUT2D eigenvalue weighted by Gasteiger charge is 2.30. The highest BCUT2D eigenvalue weighted by atomic mass is 16.5. The van der Waals surface area contributed by atoms with Crippen molar-refractivity contribution < 1.29 is 14.4 Å². The number of aliphatic carboxylic acids is 1. The fourth-order valence-electron chi connectivity index (χ4n) is 3.07. The molecule has 0 bridgehead atoms. The highest BCUT2D eigenvalue weighted by Crippen LogP contribution is 2.38. The van der Waals surface area contributed by atoms with Crippen LogP contribution in [0.2, 0.25) is 0 Å². The Morgan fingerprint density at radius 2 is 1.81 bits per heavy atom. The van der Waals surface area contributed by atoms with E-state index in [2.05, 4.69) is 24.0 Å². The topological polar surface area (TPSA) is 76.2 Å². The summed E-state index contributed by atoms with van der Waals surface area (Å²) in [5.74, 6) is 1.51. The maximum atomic E-state index is 11.0. The molecule has 5 nitrogen and oxygen atoms in total. The Labute approximate surface area is 126 Å². The van der Waals surface area contributed by atoms with Crippen LogP contribution >= 0.6 is 0 Å². The first kappa shape index (κ1) is 16.0. The summed E-state index contributed by atoms with van der Waals surface area (Å²) in [6.07, 6.45) is 4.63. The lowest BCUT2D eigenvalue weighted by molar-refractivity contribution is -0.141. The summed E-state index contributed by atoms with van der Waals surface area (Å²) in [6, 6.07) is 0. The van der Waals surface area contributed by atoms with Gasteiger partial charge < -0.3 is 9.63 Å². The summed E-state index contributed by atoms with van der Waals surface area (Å²) in [6.45, 7) is 8.06. The molecule has 0 spiro atoms.